The molecule has 24 heteroatoms. The Kier molecular flexibility index (Phi) is 12.6. The number of hydrogen-bond acceptors (Lipinski definition) is 22. The zero-order chi connectivity index (χ0) is 73.0. The van der Waals surface area contributed by atoms with Crippen LogP contribution in [0.4, 0.5) is 0 Å². The van der Waals surface area contributed by atoms with E-state index in [9.17, 15) is 0 Å². The van der Waals surface area contributed by atoms with E-state index in [4.69, 9.17) is 106 Å². The second kappa shape index (κ2) is 23.2. The smallest absolute Gasteiger partial charge is 0.231 e. The molecule has 112 heavy (non-hydrogen) atoms. The maximum atomic E-state index is 6.08. The molecule has 0 atom stereocenters. The first kappa shape index (κ1) is 60.9. The van der Waals surface area contributed by atoms with E-state index in [1.165, 1.54) is 0 Å². The molecule has 12 aromatic carbocycles. The Bertz CT molecular complexity index is 6170. The van der Waals surface area contributed by atoms with Gasteiger partial charge in [-0.3, -0.25) is 0 Å². The molecule has 0 saturated carbocycles. The second-order valence-corrected chi connectivity index (χ2v) is 27.9. The summed E-state index contributed by atoms with van der Waals surface area (Å²) in [4.78, 5) is 41.9. The van der Waals surface area contributed by atoms with Gasteiger partial charge in [-0.25, -0.2) is 29.9 Å². The third-order valence-electron chi connectivity index (χ3n) is 21.9. The van der Waals surface area contributed by atoms with Crippen molar-refractivity contribution in [1.82, 2.24) is 39.9 Å². The summed E-state index contributed by atoms with van der Waals surface area (Å²) in [5.41, 5.74) is 17.8. The fourth-order valence-electron chi connectivity index (χ4n) is 16.4. The normalized spacial score (nSPS) is 14.6. The Morgan fingerprint density at radius 1 is 0.161 bits per heavy atom. The summed E-state index contributed by atoms with van der Waals surface area (Å²) in [6.45, 7) is 0.712. The molecule has 0 unspecified atom stereocenters. The summed E-state index contributed by atoms with van der Waals surface area (Å²) in [6, 6.07) is 64.7. The number of H-pyrrole nitrogens is 2. The standard InChI is InChI=1S/C88H50N8O16/c1-9-65-73(105-33-97-65)17-41(1)49-25-57-58(26-50(49)42-2-10-66-74(18-42)106-34-98-66)82-89-81(57)93-83-59-27-51(43-3-11-67-75(19-43)107-35-99-67)52(44-4-12-68-76(20-44)108-36-100-68)28-60(59)85(90-83)95-87-63-31-55(47-7-15-71-79(23-47)111-39-103-71)56(48-8-16-72-80(24-48)112-40-104-72)32-64(63)88(92-87)96-86-62-30-54(46-6-14-70-78(22-46)110-38-102-70)53(29-61(62)84(91-86)94-82)45-5-13-69-77(21-45)109-37-101-69/h1-32H,33-40H2,(H2,89,90,91,92,93,94,95,96). The third kappa shape index (κ3) is 9.47. The predicted octanol–water partition coefficient (Wildman–Crippen LogP) is 18.0. The van der Waals surface area contributed by atoms with Crippen LogP contribution in [0.15, 0.2) is 194 Å². The van der Waals surface area contributed by atoms with Crippen LogP contribution in [0, 0.1) is 0 Å². The summed E-state index contributed by atoms with van der Waals surface area (Å²) in [7, 11) is 0. The summed E-state index contributed by atoms with van der Waals surface area (Å²) < 4.78 is 95.8. The van der Waals surface area contributed by atoms with Gasteiger partial charge < -0.3 is 85.8 Å². The molecule has 15 aromatic rings. The summed E-state index contributed by atoms with van der Waals surface area (Å²) >= 11 is 0. The van der Waals surface area contributed by atoms with Gasteiger partial charge in [0.05, 0.1) is 0 Å². The van der Waals surface area contributed by atoms with Crippen LogP contribution in [0.5, 0.6) is 92.0 Å². The van der Waals surface area contributed by atoms with E-state index >= 15 is 0 Å². The molecule has 13 heterocycles. The first-order valence-corrected chi connectivity index (χ1v) is 36.1. The Hall–Kier alpha value is -15.2. The second-order valence-electron chi connectivity index (χ2n) is 27.9. The van der Waals surface area contributed by atoms with Crippen LogP contribution in [-0.4, -0.2) is 94.2 Å². The van der Waals surface area contributed by atoms with E-state index in [0.29, 0.717) is 182 Å². The zero-order valence-electron chi connectivity index (χ0n) is 58.3. The largest absolute Gasteiger partial charge is 0.454 e. The van der Waals surface area contributed by atoms with Gasteiger partial charge in [0.15, 0.2) is 115 Å². The van der Waals surface area contributed by atoms with Gasteiger partial charge in [0.1, 0.15) is 22.6 Å². The molecule has 24 nitrogen and oxygen atoms in total. The van der Waals surface area contributed by atoms with E-state index in [1.54, 1.807) is 0 Å². The van der Waals surface area contributed by atoms with Gasteiger partial charge in [0.2, 0.25) is 54.3 Å². The lowest BCUT2D eigenvalue weighted by molar-refractivity contribution is 0.173. The molecule has 10 aliphatic heterocycles. The maximum absolute atomic E-state index is 6.08. The quantitative estimate of drug-likeness (QED) is 0.143. The highest BCUT2D eigenvalue weighted by molar-refractivity contribution is 6.13. The van der Waals surface area contributed by atoms with Gasteiger partial charge in [-0.1, -0.05) is 48.5 Å². The Balaban J connectivity index is 0.824. The van der Waals surface area contributed by atoms with Crippen molar-refractivity contribution in [3.8, 4) is 227 Å². The molecule has 0 fully saturated rings. The van der Waals surface area contributed by atoms with Gasteiger partial charge in [-0.2, -0.15) is 0 Å². The van der Waals surface area contributed by atoms with Crippen LogP contribution in [0.2, 0.25) is 0 Å². The third-order valence-corrected chi connectivity index (χ3v) is 21.9. The molecule has 0 spiro atoms. The van der Waals surface area contributed by atoms with Gasteiger partial charge >= 0.3 is 0 Å². The molecule has 0 radical (unpaired) electrons. The lowest BCUT2D eigenvalue weighted by Crippen LogP contribution is -1.93. The zero-order valence-corrected chi connectivity index (χ0v) is 58.3. The molecule has 10 aliphatic rings. The van der Waals surface area contributed by atoms with E-state index in [2.05, 4.69) is 58.5 Å². The van der Waals surface area contributed by atoms with Crippen molar-refractivity contribution in [2.75, 3.05) is 54.3 Å². The van der Waals surface area contributed by atoms with Crippen molar-refractivity contribution in [3.05, 3.63) is 194 Å². The van der Waals surface area contributed by atoms with Gasteiger partial charge in [-0.15, -0.1) is 0 Å². The van der Waals surface area contributed by atoms with Crippen LogP contribution in [-0.2, 0) is 0 Å². The Morgan fingerprint density at radius 3 is 0.500 bits per heavy atom. The molecule has 0 aliphatic carbocycles. The van der Waals surface area contributed by atoms with Gasteiger partial charge in [0, 0.05) is 43.8 Å². The van der Waals surface area contributed by atoms with Crippen molar-refractivity contribution >= 4 is 44.1 Å². The fraction of sp³-hybridized carbons (Fsp3) is 0.0909. The number of rotatable bonds is 8. The van der Waals surface area contributed by atoms with E-state index in [0.717, 1.165) is 89.0 Å². The van der Waals surface area contributed by atoms with Gasteiger partial charge in [-0.05, 0) is 235 Å². The molecular formula is C88H50N8O16. The molecule has 0 amide bonds. The topological polar surface area (TPSA) is 257 Å². The average Bonchev–Trinajstić information content (AvgIpc) is 1.57. The van der Waals surface area contributed by atoms with Crippen molar-refractivity contribution in [3.63, 3.8) is 0 Å². The number of nitrogens with zero attached hydrogens (tertiary/aromatic N) is 6. The number of benzene rings is 12. The van der Waals surface area contributed by atoms with Crippen LogP contribution in [0.25, 0.3) is 179 Å². The highest BCUT2D eigenvalue weighted by atomic mass is 16.7. The van der Waals surface area contributed by atoms with Crippen LogP contribution in [0.1, 0.15) is 0 Å². The first-order chi connectivity index (χ1) is 55.3. The fourth-order valence-corrected chi connectivity index (χ4v) is 16.4. The van der Waals surface area contributed by atoms with E-state index in [-0.39, 0.29) is 54.3 Å². The predicted molar refractivity (Wildman–Crippen MR) is 409 cm³/mol. The van der Waals surface area contributed by atoms with E-state index in [1.807, 2.05) is 146 Å². The lowest BCUT2D eigenvalue weighted by Gasteiger charge is -2.14. The van der Waals surface area contributed by atoms with Gasteiger partial charge in [0.25, 0.3) is 0 Å². The number of aromatic nitrogens is 8. The SMILES string of the molecule is c1cc2c(cc1-c1cc3c(cc1-c1ccc4c(c1)OCO4)-c1nc-3nc3[nH]c(nc4nc(nc5[nH]c(n1)c1cc(-c6ccc7c(c6)OCO7)c(-c6ccc7c(c6)OCO7)cc51)-c1cc(-c5ccc6c(c5)OCO6)c(-c5ccc6c(c5)OCO6)cc1-4)c1cc(-c4ccc5c(c4)OCO5)c(-c4ccc5c(c4)OCO5)cc31)OCO2. The molecule has 0 saturated heterocycles. The Morgan fingerprint density at radius 2 is 0.321 bits per heavy atom. The van der Waals surface area contributed by atoms with Crippen molar-refractivity contribution in [2.24, 2.45) is 0 Å². The molecule has 25 rings (SSSR count). The minimum atomic E-state index is 0.0887. The van der Waals surface area contributed by atoms with Crippen molar-refractivity contribution in [2.45, 2.75) is 0 Å². The molecular weight excluding hydrogens is 1430 g/mol. The minimum Gasteiger partial charge on any atom is -0.454 e. The van der Waals surface area contributed by atoms with Crippen LogP contribution in [0.3, 0.4) is 0 Å². The highest BCUT2D eigenvalue weighted by Crippen LogP contribution is 2.53. The minimum absolute atomic E-state index is 0.0887. The number of hydrogen-bond donors (Lipinski definition) is 2. The monoisotopic (exact) mass is 1470 g/mol. The summed E-state index contributed by atoms with van der Waals surface area (Å²) in [5, 5.41) is 2.79. The van der Waals surface area contributed by atoms with Crippen molar-refractivity contribution < 1.29 is 75.8 Å². The average molecular weight is 1480 g/mol. The summed E-state index contributed by atoms with van der Waals surface area (Å²) in [5.74, 6) is 11.3. The number of ether oxygens (including phenoxy) is 16. The van der Waals surface area contributed by atoms with Crippen molar-refractivity contribution in [1.29, 1.82) is 0 Å². The first-order valence-electron chi connectivity index (χ1n) is 36.1. The van der Waals surface area contributed by atoms with Crippen LogP contribution >= 0.6 is 0 Å². The summed E-state index contributed by atoms with van der Waals surface area (Å²) in [6.07, 6.45) is 0. The van der Waals surface area contributed by atoms with E-state index < -0.39 is 0 Å². The highest BCUT2D eigenvalue weighted by Gasteiger charge is 2.32. The molecule has 3 aromatic heterocycles. The van der Waals surface area contributed by atoms with Crippen LogP contribution < -0.4 is 75.8 Å². The maximum Gasteiger partial charge on any atom is 0.231 e. The molecule has 8 bridgehead atoms. The Labute approximate surface area is 631 Å². The number of fused-ring (bicyclic) bond motifs is 28. The molecule has 538 valence electrons. The lowest BCUT2D eigenvalue weighted by atomic mass is 9.90. The molecule has 2 N–H and O–H groups in total. The number of aromatic amines is 2. The number of nitrogens with one attached hydrogen (secondary N) is 2.